The van der Waals surface area contributed by atoms with Crippen molar-refractivity contribution in [3.63, 3.8) is 0 Å². The van der Waals surface area contributed by atoms with Gasteiger partial charge in [-0.1, -0.05) is 0 Å². The van der Waals surface area contributed by atoms with Crippen LogP contribution in [0.2, 0.25) is 0 Å². The van der Waals surface area contributed by atoms with Crippen molar-refractivity contribution in [2.45, 2.75) is 26.3 Å². The molecule has 0 saturated carbocycles. The molecule has 0 spiro atoms. The molecule has 0 aromatic heterocycles. The van der Waals surface area contributed by atoms with Crippen LogP contribution in [0.1, 0.15) is 20.8 Å². The molecule has 56 valence electrons. The third kappa shape index (κ3) is 2.79. The number of rotatable bonds is 2. The summed E-state index contributed by atoms with van der Waals surface area (Å²) in [4.78, 5) is 1.55. The van der Waals surface area contributed by atoms with Gasteiger partial charge >= 0.3 is 0 Å². The standard InChI is InChI=1S/C6H15NO2/c1-6(2,3)7(4-8)5-9/h8-9H,4-5H2,1-3H3. The lowest BCUT2D eigenvalue weighted by Crippen LogP contribution is -2.42. The van der Waals surface area contributed by atoms with E-state index in [1.165, 1.54) is 0 Å². The van der Waals surface area contributed by atoms with Crippen LogP contribution in [0.5, 0.6) is 0 Å². The smallest absolute Gasteiger partial charge is 0.0978 e. The second-order valence-corrected chi connectivity index (χ2v) is 2.99. The molecular formula is C6H15NO2. The van der Waals surface area contributed by atoms with Crippen molar-refractivity contribution in [1.29, 1.82) is 0 Å². The van der Waals surface area contributed by atoms with Gasteiger partial charge in [-0.3, -0.25) is 4.90 Å². The Hall–Kier alpha value is -0.120. The van der Waals surface area contributed by atoms with E-state index >= 15 is 0 Å². The quantitative estimate of drug-likeness (QED) is 0.520. The number of hydrogen-bond acceptors (Lipinski definition) is 3. The van der Waals surface area contributed by atoms with E-state index in [1.807, 2.05) is 20.8 Å². The summed E-state index contributed by atoms with van der Waals surface area (Å²) in [5.74, 6) is 0. The third-order valence-corrected chi connectivity index (χ3v) is 1.29. The third-order valence-electron chi connectivity index (χ3n) is 1.29. The molecule has 0 atom stereocenters. The molecule has 0 aromatic carbocycles. The van der Waals surface area contributed by atoms with Gasteiger partial charge in [-0.15, -0.1) is 0 Å². The molecule has 0 radical (unpaired) electrons. The summed E-state index contributed by atoms with van der Waals surface area (Å²) in [6.45, 7) is 5.60. The average Bonchev–Trinajstić information content (AvgIpc) is 1.65. The zero-order valence-electron chi connectivity index (χ0n) is 6.26. The van der Waals surface area contributed by atoms with Gasteiger partial charge in [0.2, 0.25) is 0 Å². The molecule has 0 aromatic rings. The summed E-state index contributed by atoms with van der Waals surface area (Å²) >= 11 is 0. The Morgan fingerprint density at radius 3 is 1.44 bits per heavy atom. The first kappa shape index (κ1) is 8.88. The van der Waals surface area contributed by atoms with E-state index < -0.39 is 0 Å². The fourth-order valence-electron chi connectivity index (χ4n) is 0.469. The molecule has 0 rings (SSSR count). The van der Waals surface area contributed by atoms with Crippen molar-refractivity contribution in [2.24, 2.45) is 0 Å². The molecule has 0 amide bonds. The fraction of sp³-hybridized carbons (Fsp3) is 1.00. The minimum atomic E-state index is -0.149. The lowest BCUT2D eigenvalue weighted by Gasteiger charge is -2.31. The van der Waals surface area contributed by atoms with Crippen molar-refractivity contribution in [2.75, 3.05) is 13.5 Å². The van der Waals surface area contributed by atoms with Crippen LogP contribution in [-0.2, 0) is 0 Å². The highest BCUT2D eigenvalue weighted by molar-refractivity contribution is 4.70. The fourth-order valence-corrected chi connectivity index (χ4v) is 0.469. The topological polar surface area (TPSA) is 43.7 Å². The van der Waals surface area contributed by atoms with Gasteiger partial charge in [0.25, 0.3) is 0 Å². The van der Waals surface area contributed by atoms with E-state index in [4.69, 9.17) is 10.2 Å². The van der Waals surface area contributed by atoms with Crippen LogP contribution < -0.4 is 0 Å². The van der Waals surface area contributed by atoms with Crippen LogP contribution in [0, 0.1) is 0 Å². The van der Waals surface area contributed by atoms with Gasteiger partial charge in [-0.25, -0.2) is 0 Å². The van der Waals surface area contributed by atoms with Crippen LogP contribution in [0.15, 0.2) is 0 Å². The Bertz CT molecular complexity index is 73.6. The molecule has 0 aliphatic heterocycles. The van der Waals surface area contributed by atoms with Crippen molar-refractivity contribution in [3.8, 4) is 0 Å². The number of aliphatic hydroxyl groups is 2. The minimum absolute atomic E-state index is 0.0972. The van der Waals surface area contributed by atoms with E-state index in [0.717, 1.165) is 0 Å². The molecule has 3 heteroatoms. The molecule has 0 fully saturated rings. The Kier molecular flexibility index (Phi) is 3.11. The zero-order chi connectivity index (χ0) is 7.49. The number of hydrogen-bond donors (Lipinski definition) is 2. The largest absolute Gasteiger partial charge is 0.381 e. The van der Waals surface area contributed by atoms with Gasteiger partial charge in [0, 0.05) is 5.54 Å². The van der Waals surface area contributed by atoms with Crippen LogP contribution in [0.4, 0.5) is 0 Å². The van der Waals surface area contributed by atoms with Gasteiger partial charge in [0.1, 0.15) is 0 Å². The highest BCUT2D eigenvalue weighted by Gasteiger charge is 2.18. The predicted octanol–water partition coefficient (Wildman–Crippen LogP) is -0.0135. The molecule has 9 heavy (non-hydrogen) atoms. The normalized spacial score (nSPS) is 12.7. The van der Waals surface area contributed by atoms with Crippen molar-refractivity contribution < 1.29 is 10.2 Å². The lowest BCUT2D eigenvalue weighted by atomic mass is 10.1. The molecule has 0 unspecified atom stereocenters. The van der Waals surface area contributed by atoms with Crippen LogP contribution in [0.25, 0.3) is 0 Å². The van der Waals surface area contributed by atoms with Crippen molar-refractivity contribution in [3.05, 3.63) is 0 Å². The van der Waals surface area contributed by atoms with Gasteiger partial charge in [-0.05, 0) is 20.8 Å². The maximum absolute atomic E-state index is 8.63. The Morgan fingerprint density at radius 2 is 1.44 bits per heavy atom. The van der Waals surface area contributed by atoms with Crippen molar-refractivity contribution in [1.82, 2.24) is 4.90 Å². The first-order valence-electron chi connectivity index (χ1n) is 2.99. The predicted molar refractivity (Wildman–Crippen MR) is 35.8 cm³/mol. The average molecular weight is 133 g/mol. The van der Waals surface area contributed by atoms with E-state index in [0.29, 0.717) is 0 Å². The molecule has 2 N–H and O–H groups in total. The number of nitrogens with zero attached hydrogens (tertiary/aromatic N) is 1. The molecule has 0 aliphatic rings. The highest BCUT2D eigenvalue weighted by atomic mass is 16.3. The van der Waals surface area contributed by atoms with E-state index in [-0.39, 0.29) is 19.0 Å². The van der Waals surface area contributed by atoms with E-state index in [9.17, 15) is 0 Å². The number of aliphatic hydroxyl groups excluding tert-OH is 2. The molecule has 0 aliphatic carbocycles. The molecule has 0 heterocycles. The van der Waals surface area contributed by atoms with E-state index in [1.54, 1.807) is 4.90 Å². The Labute approximate surface area is 55.9 Å². The second kappa shape index (κ2) is 3.15. The monoisotopic (exact) mass is 133 g/mol. The first-order chi connectivity index (χ1) is 4.02. The summed E-state index contributed by atoms with van der Waals surface area (Å²) in [5.41, 5.74) is -0.149. The minimum Gasteiger partial charge on any atom is -0.381 e. The summed E-state index contributed by atoms with van der Waals surface area (Å²) in [6.07, 6.45) is 0. The van der Waals surface area contributed by atoms with Crippen molar-refractivity contribution >= 4 is 0 Å². The van der Waals surface area contributed by atoms with Gasteiger partial charge in [0.15, 0.2) is 0 Å². The zero-order valence-corrected chi connectivity index (χ0v) is 6.26. The van der Waals surface area contributed by atoms with Gasteiger partial charge in [-0.2, -0.15) is 0 Å². The van der Waals surface area contributed by atoms with Crippen LogP contribution in [0.3, 0.4) is 0 Å². The highest BCUT2D eigenvalue weighted by Crippen LogP contribution is 2.09. The Balaban J connectivity index is 3.79. The lowest BCUT2D eigenvalue weighted by molar-refractivity contribution is -0.0304. The molecule has 0 bridgehead atoms. The molecule has 3 nitrogen and oxygen atoms in total. The maximum Gasteiger partial charge on any atom is 0.0978 e. The molecular weight excluding hydrogens is 118 g/mol. The van der Waals surface area contributed by atoms with Crippen LogP contribution in [-0.4, -0.2) is 34.1 Å². The molecule has 0 saturated heterocycles. The SMILES string of the molecule is CC(C)(C)N(CO)CO. The van der Waals surface area contributed by atoms with Gasteiger partial charge in [0.05, 0.1) is 13.5 Å². The maximum atomic E-state index is 8.63. The summed E-state index contributed by atoms with van der Waals surface area (Å²) < 4.78 is 0. The summed E-state index contributed by atoms with van der Waals surface area (Å²) in [7, 11) is 0. The summed E-state index contributed by atoms with van der Waals surface area (Å²) in [5, 5.41) is 17.3. The Morgan fingerprint density at radius 1 is 1.11 bits per heavy atom. The van der Waals surface area contributed by atoms with Gasteiger partial charge < -0.3 is 10.2 Å². The summed E-state index contributed by atoms with van der Waals surface area (Å²) in [6, 6.07) is 0. The van der Waals surface area contributed by atoms with E-state index in [2.05, 4.69) is 0 Å². The first-order valence-corrected chi connectivity index (χ1v) is 2.99. The van der Waals surface area contributed by atoms with Crippen LogP contribution >= 0.6 is 0 Å². The second-order valence-electron chi connectivity index (χ2n) is 2.99.